The van der Waals surface area contributed by atoms with Crippen LogP contribution in [-0.2, 0) is 9.53 Å². The molecule has 0 saturated carbocycles. The first-order valence-corrected chi connectivity index (χ1v) is 11.5. The number of rotatable bonds is 4. The summed E-state index contributed by atoms with van der Waals surface area (Å²) in [6, 6.07) is 5.61. The molecule has 9 heteroatoms. The predicted octanol–water partition coefficient (Wildman–Crippen LogP) is 3.07. The van der Waals surface area contributed by atoms with Crippen LogP contribution in [0.1, 0.15) is 45.1 Å². The third-order valence-corrected chi connectivity index (χ3v) is 6.26. The highest BCUT2D eigenvalue weighted by atomic mass is 16.6. The fourth-order valence-electron chi connectivity index (χ4n) is 4.51. The minimum atomic E-state index is -0.545. The summed E-state index contributed by atoms with van der Waals surface area (Å²) < 4.78 is 11.4. The number of aromatic nitrogens is 2. The number of benzene rings is 1. The van der Waals surface area contributed by atoms with E-state index in [9.17, 15) is 14.4 Å². The van der Waals surface area contributed by atoms with Crippen LogP contribution in [0.3, 0.4) is 0 Å². The molecule has 1 atom stereocenters. The number of pyridine rings is 2. The van der Waals surface area contributed by atoms with E-state index in [1.807, 2.05) is 39.0 Å². The van der Waals surface area contributed by atoms with Crippen molar-refractivity contribution in [3.8, 4) is 5.88 Å². The van der Waals surface area contributed by atoms with Gasteiger partial charge in [-0.2, -0.15) is 0 Å². The summed E-state index contributed by atoms with van der Waals surface area (Å²) in [5, 5.41) is 5.94. The van der Waals surface area contributed by atoms with Crippen molar-refractivity contribution in [1.29, 1.82) is 0 Å². The number of H-pyrrole nitrogens is 1. The van der Waals surface area contributed by atoms with Crippen LogP contribution in [0.25, 0.3) is 21.5 Å². The van der Waals surface area contributed by atoms with Crippen LogP contribution in [-0.4, -0.2) is 58.2 Å². The fraction of sp³-hybridized carbons (Fsp3) is 0.440. The minimum absolute atomic E-state index is 0.0303. The maximum Gasteiger partial charge on any atom is 0.410 e. The molecular formula is C25H28N4O5. The first-order chi connectivity index (χ1) is 16.2. The maximum atomic E-state index is 12.6. The Labute approximate surface area is 196 Å². The Hall–Kier alpha value is -3.62. The normalized spacial score (nSPS) is 18.7. The Morgan fingerprint density at radius 1 is 1.18 bits per heavy atom. The lowest BCUT2D eigenvalue weighted by Crippen LogP contribution is -2.50. The molecule has 0 radical (unpaired) electrons. The summed E-state index contributed by atoms with van der Waals surface area (Å²) in [6.45, 7) is 6.91. The number of amides is 2. The van der Waals surface area contributed by atoms with Gasteiger partial charge in [0.15, 0.2) is 0 Å². The van der Waals surface area contributed by atoms with Gasteiger partial charge in [-0.1, -0.05) is 0 Å². The monoisotopic (exact) mass is 464 g/mol. The van der Waals surface area contributed by atoms with Crippen molar-refractivity contribution in [1.82, 2.24) is 20.2 Å². The average molecular weight is 465 g/mol. The third kappa shape index (κ3) is 4.30. The highest BCUT2D eigenvalue weighted by Crippen LogP contribution is 2.35. The van der Waals surface area contributed by atoms with Gasteiger partial charge in [0.1, 0.15) is 12.2 Å². The quantitative estimate of drug-likeness (QED) is 0.574. The van der Waals surface area contributed by atoms with Crippen LogP contribution in [0.15, 0.2) is 35.4 Å². The van der Waals surface area contributed by atoms with Crippen LogP contribution in [0, 0.1) is 0 Å². The molecular weight excluding hydrogens is 436 g/mol. The largest absolute Gasteiger partial charge is 0.475 e. The Kier molecular flexibility index (Phi) is 5.42. The molecule has 2 fully saturated rings. The molecule has 2 aliphatic heterocycles. The molecule has 178 valence electrons. The third-order valence-electron chi connectivity index (χ3n) is 6.26. The van der Waals surface area contributed by atoms with E-state index in [1.54, 1.807) is 17.3 Å². The standard InChI is InChI=1S/C25H28N4O5/c1-25(2,3)34-24(32)29-11-15(12-29)20-10-27-22(31)19-8-14-6-7-26-23(17(14)9-18(19)20)33-13-16-4-5-21(30)28-16/h6-10,15-16H,4-5,11-13H2,1-3H3,(H,27,31)(H,28,30)/t16-/m0/s1. The van der Waals surface area contributed by atoms with Crippen LogP contribution in [0.4, 0.5) is 4.79 Å². The van der Waals surface area contributed by atoms with Crippen molar-refractivity contribution in [2.75, 3.05) is 19.7 Å². The summed E-state index contributed by atoms with van der Waals surface area (Å²) in [6.07, 6.45) is 4.30. The van der Waals surface area contributed by atoms with E-state index in [2.05, 4.69) is 15.3 Å². The lowest BCUT2D eigenvalue weighted by atomic mass is 9.89. The van der Waals surface area contributed by atoms with Gasteiger partial charge < -0.3 is 24.7 Å². The second-order valence-corrected chi connectivity index (χ2v) is 10.0. The zero-order valence-corrected chi connectivity index (χ0v) is 19.5. The van der Waals surface area contributed by atoms with Crippen molar-refractivity contribution >= 4 is 33.5 Å². The smallest absolute Gasteiger partial charge is 0.410 e. The summed E-state index contributed by atoms with van der Waals surface area (Å²) in [5.41, 5.74) is 0.252. The van der Waals surface area contributed by atoms with Crippen LogP contribution in [0.5, 0.6) is 5.88 Å². The first-order valence-electron chi connectivity index (χ1n) is 11.5. The lowest BCUT2D eigenvalue weighted by Gasteiger charge is -2.40. The summed E-state index contributed by atoms with van der Waals surface area (Å²) in [7, 11) is 0. The Morgan fingerprint density at radius 3 is 2.68 bits per heavy atom. The zero-order chi connectivity index (χ0) is 24.0. The highest BCUT2D eigenvalue weighted by Gasteiger charge is 2.35. The van der Waals surface area contributed by atoms with Gasteiger partial charge in [-0.15, -0.1) is 0 Å². The average Bonchev–Trinajstić information content (AvgIpc) is 3.15. The Balaban J connectivity index is 1.44. The van der Waals surface area contributed by atoms with Crippen molar-refractivity contribution in [2.45, 2.75) is 51.2 Å². The fourth-order valence-corrected chi connectivity index (χ4v) is 4.51. The van der Waals surface area contributed by atoms with Crippen molar-refractivity contribution in [3.05, 3.63) is 46.5 Å². The van der Waals surface area contributed by atoms with Crippen molar-refractivity contribution in [3.63, 3.8) is 0 Å². The SMILES string of the molecule is CC(C)(C)OC(=O)N1CC(c2c[nH]c(=O)c3cc4ccnc(OC[C@@H]5CCC(=O)N5)c4cc23)C1. The van der Waals surface area contributed by atoms with E-state index < -0.39 is 5.60 Å². The number of likely N-dealkylation sites (tertiary alicyclic amines) is 1. The number of hydrogen-bond acceptors (Lipinski definition) is 6. The molecule has 2 aromatic heterocycles. The molecule has 0 spiro atoms. The number of ether oxygens (including phenoxy) is 2. The Bertz CT molecular complexity index is 1340. The van der Waals surface area contributed by atoms with Gasteiger partial charge in [0, 0.05) is 48.6 Å². The van der Waals surface area contributed by atoms with E-state index in [1.165, 1.54) is 0 Å². The van der Waals surface area contributed by atoms with E-state index in [-0.39, 0.29) is 29.5 Å². The van der Waals surface area contributed by atoms with Gasteiger partial charge in [0.05, 0.1) is 6.04 Å². The number of carbonyl (C=O) groups excluding carboxylic acids is 2. The number of nitrogens with one attached hydrogen (secondary N) is 2. The second kappa shape index (κ2) is 8.30. The van der Waals surface area contributed by atoms with Gasteiger partial charge >= 0.3 is 6.09 Å². The first kappa shape index (κ1) is 22.2. The van der Waals surface area contributed by atoms with Gasteiger partial charge in [-0.05, 0) is 61.7 Å². The van der Waals surface area contributed by atoms with Crippen molar-refractivity contribution in [2.24, 2.45) is 0 Å². The van der Waals surface area contributed by atoms with Crippen LogP contribution < -0.4 is 15.6 Å². The molecule has 2 saturated heterocycles. The molecule has 9 nitrogen and oxygen atoms in total. The number of fused-ring (bicyclic) bond motifs is 2. The second-order valence-electron chi connectivity index (χ2n) is 10.0. The number of aromatic amines is 1. The number of hydrogen-bond donors (Lipinski definition) is 2. The van der Waals surface area contributed by atoms with E-state index in [0.29, 0.717) is 37.4 Å². The highest BCUT2D eigenvalue weighted by molar-refractivity contribution is 6.01. The predicted molar refractivity (Wildman–Crippen MR) is 127 cm³/mol. The topological polar surface area (TPSA) is 114 Å². The zero-order valence-electron chi connectivity index (χ0n) is 19.5. The minimum Gasteiger partial charge on any atom is -0.475 e. The summed E-state index contributed by atoms with van der Waals surface area (Å²) in [4.78, 5) is 45.4. The van der Waals surface area contributed by atoms with Gasteiger partial charge in [-0.3, -0.25) is 9.59 Å². The van der Waals surface area contributed by atoms with Gasteiger partial charge in [-0.25, -0.2) is 9.78 Å². The molecule has 34 heavy (non-hydrogen) atoms. The molecule has 0 bridgehead atoms. The lowest BCUT2D eigenvalue weighted by molar-refractivity contribution is -0.119. The summed E-state index contributed by atoms with van der Waals surface area (Å²) in [5.74, 6) is 0.588. The molecule has 1 aromatic carbocycles. The number of nitrogens with zero attached hydrogens (tertiary/aromatic N) is 2. The molecule has 5 rings (SSSR count). The van der Waals surface area contributed by atoms with E-state index in [4.69, 9.17) is 9.47 Å². The summed E-state index contributed by atoms with van der Waals surface area (Å²) >= 11 is 0. The van der Waals surface area contributed by atoms with Crippen molar-refractivity contribution < 1.29 is 19.1 Å². The van der Waals surface area contributed by atoms with Crippen LogP contribution in [0.2, 0.25) is 0 Å². The van der Waals surface area contributed by atoms with Gasteiger partial charge in [0.2, 0.25) is 11.8 Å². The number of carbonyl (C=O) groups is 2. The van der Waals surface area contributed by atoms with Crippen LogP contribution >= 0.6 is 0 Å². The molecule has 2 amide bonds. The van der Waals surface area contributed by atoms with E-state index >= 15 is 0 Å². The molecule has 0 aliphatic carbocycles. The molecule has 2 N–H and O–H groups in total. The Morgan fingerprint density at radius 2 is 1.97 bits per heavy atom. The molecule has 4 heterocycles. The molecule has 0 unspecified atom stereocenters. The van der Waals surface area contributed by atoms with E-state index in [0.717, 1.165) is 28.1 Å². The van der Waals surface area contributed by atoms with Gasteiger partial charge in [0.25, 0.3) is 5.56 Å². The molecule has 3 aromatic rings. The molecule has 2 aliphatic rings. The maximum absolute atomic E-state index is 12.6.